The number of nitrogens with zero attached hydrogens (tertiary/aromatic N) is 3. The van der Waals surface area contributed by atoms with Crippen molar-refractivity contribution < 1.29 is 9.59 Å². The highest BCUT2D eigenvalue weighted by Crippen LogP contribution is 2.17. The van der Waals surface area contributed by atoms with Gasteiger partial charge in [-0.05, 0) is 19.3 Å². The van der Waals surface area contributed by atoms with Gasteiger partial charge in [-0.15, -0.1) is 10.2 Å². The normalized spacial score (nSPS) is 21.7. The lowest BCUT2D eigenvalue weighted by atomic mass is 10.0. The van der Waals surface area contributed by atoms with Crippen LogP contribution in [-0.4, -0.2) is 52.6 Å². The van der Waals surface area contributed by atoms with Gasteiger partial charge in [0.1, 0.15) is 5.01 Å². The van der Waals surface area contributed by atoms with Crippen LogP contribution < -0.4 is 16.8 Å². The van der Waals surface area contributed by atoms with Crippen LogP contribution in [0, 0.1) is 5.92 Å². The average Bonchev–Trinajstić information content (AvgIpc) is 2.80. The summed E-state index contributed by atoms with van der Waals surface area (Å²) in [6, 6.07) is -0.0560. The van der Waals surface area contributed by atoms with Crippen LogP contribution >= 0.6 is 11.3 Å². The molecular formula is C14H24N6O2S. The van der Waals surface area contributed by atoms with Crippen molar-refractivity contribution in [3.8, 4) is 0 Å². The SMILES string of the molecule is CC(=O)N1C[C@@H](N)CC[C@@H](C(=O)NCCCc2nnc(N)s2)C1. The third kappa shape index (κ3) is 5.43. The van der Waals surface area contributed by atoms with E-state index >= 15 is 0 Å². The number of aryl methyl sites for hydroxylation is 1. The second-order valence-corrected chi connectivity index (χ2v) is 6.98. The maximum Gasteiger partial charge on any atom is 0.224 e. The monoisotopic (exact) mass is 340 g/mol. The molecule has 0 bridgehead atoms. The first kappa shape index (κ1) is 17.6. The van der Waals surface area contributed by atoms with E-state index in [0.29, 0.717) is 31.2 Å². The molecule has 1 aliphatic heterocycles. The quantitative estimate of drug-likeness (QED) is 0.635. The van der Waals surface area contributed by atoms with E-state index in [9.17, 15) is 9.59 Å². The molecule has 128 valence electrons. The number of nitrogen functional groups attached to an aromatic ring is 1. The second-order valence-electron chi connectivity index (χ2n) is 5.89. The molecule has 2 atom stereocenters. The van der Waals surface area contributed by atoms with Crippen LogP contribution in [0.2, 0.25) is 0 Å². The van der Waals surface area contributed by atoms with Crippen LogP contribution in [0.5, 0.6) is 0 Å². The average molecular weight is 340 g/mol. The maximum atomic E-state index is 12.3. The summed E-state index contributed by atoms with van der Waals surface area (Å²) in [5.41, 5.74) is 11.5. The number of anilines is 1. The molecular weight excluding hydrogens is 316 g/mol. The lowest BCUT2D eigenvalue weighted by Gasteiger charge is -2.23. The van der Waals surface area contributed by atoms with E-state index in [2.05, 4.69) is 15.5 Å². The molecule has 2 amide bonds. The van der Waals surface area contributed by atoms with Crippen molar-refractivity contribution in [1.82, 2.24) is 20.4 Å². The maximum absolute atomic E-state index is 12.3. The van der Waals surface area contributed by atoms with Crippen molar-refractivity contribution in [2.24, 2.45) is 11.7 Å². The summed E-state index contributed by atoms with van der Waals surface area (Å²) in [6.45, 7) is 3.06. The molecule has 1 aliphatic rings. The lowest BCUT2D eigenvalue weighted by molar-refractivity contribution is -0.131. The standard InChI is InChI=1S/C14H24N6O2S/c1-9(21)20-7-10(4-5-11(15)8-20)13(22)17-6-2-3-12-18-19-14(16)23-12/h10-11H,2-8,15H2,1H3,(H2,16,19)(H,17,22)/t10-,11+/m1/s1. The van der Waals surface area contributed by atoms with E-state index < -0.39 is 0 Å². The molecule has 23 heavy (non-hydrogen) atoms. The van der Waals surface area contributed by atoms with Gasteiger partial charge in [0.05, 0.1) is 5.92 Å². The van der Waals surface area contributed by atoms with Gasteiger partial charge >= 0.3 is 0 Å². The zero-order valence-electron chi connectivity index (χ0n) is 13.3. The van der Waals surface area contributed by atoms with Crippen LogP contribution in [-0.2, 0) is 16.0 Å². The largest absolute Gasteiger partial charge is 0.374 e. The van der Waals surface area contributed by atoms with Gasteiger partial charge in [-0.25, -0.2) is 0 Å². The van der Waals surface area contributed by atoms with E-state index in [1.54, 1.807) is 4.90 Å². The molecule has 2 heterocycles. The van der Waals surface area contributed by atoms with E-state index in [4.69, 9.17) is 11.5 Å². The predicted octanol–water partition coefficient (Wildman–Crippen LogP) is -0.245. The van der Waals surface area contributed by atoms with Gasteiger partial charge in [-0.1, -0.05) is 11.3 Å². The zero-order valence-corrected chi connectivity index (χ0v) is 14.1. The Labute approximate surface area is 139 Å². The van der Waals surface area contributed by atoms with Crippen LogP contribution in [0.25, 0.3) is 0 Å². The number of carbonyl (C=O) groups excluding carboxylic acids is 2. The first-order valence-corrected chi connectivity index (χ1v) is 8.64. The van der Waals surface area contributed by atoms with Crippen LogP contribution in [0.3, 0.4) is 0 Å². The minimum absolute atomic E-state index is 0.0119. The molecule has 9 heteroatoms. The molecule has 1 aromatic rings. The highest BCUT2D eigenvalue weighted by Gasteiger charge is 2.27. The van der Waals surface area contributed by atoms with Crippen molar-refractivity contribution >= 4 is 28.3 Å². The Morgan fingerprint density at radius 3 is 2.78 bits per heavy atom. The Morgan fingerprint density at radius 1 is 1.35 bits per heavy atom. The van der Waals surface area contributed by atoms with E-state index in [0.717, 1.165) is 24.3 Å². The summed E-state index contributed by atoms with van der Waals surface area (Å²) in [6.07, 6.45) is 2.99. The Kier molecular flexibility index (Phi) is 6.28. The fourth-order valence-corrected chi connectivity index (χ4v) is 3.31. The topological polar surface area (TPSA) is 127 Å². The highest BCUT2D eigenvalue weighted by atomic mass is 32.1. The predicted molar refractivity (Wildman–Crippen MR) is 88.6 cm³/mol. The molecule has 2 rings (SSSR count). The van der Waals surface area contributed by atoms with Gasteiger partial charge < -0.3 is 21.7 Å². The summed E-state index contributed by atoms with van der Waals surface area (Å²) >= 11 is 1.37. The van der Waals surface area contributed by atoms with Gasteiger partial charge in [0.2, 0.25) is 16.9 Å². The number of hydrogen-bond acceptors (Lipinski definition) is 7. The summed E-state index contributed by atoms with van der Waals surface area (Å²) in [5.74, 6) is -0.235. The fourth-order valence-electron chi connectivity index (χ4n) is 2.66. The van der Waals surface area contributed by atoms with Crippen molar-refractivity contribution in [1.29, 1.82) is 0 Å². The number of hydrogen-bond donors (Lipinski definition) is 3. The molecule has 5 N–H and O–H groups in total. The molecule has 0 aliphatic carbocycles. The lowest BCUT2D eigenvalue weighted by Crippen LogP contribution is -2.42. The van der Waals surface area contributed by atoms with Gasteiger partial charge in [0.25, 0.3) is 0 Å². The van der Waals surface area contributed by atoms with Crippen LogP contribution in [0.4, 0.5) is 5.13 Å². The Bertz CT molecular complexity index is 549. The third-order valence-corrected chi connectivity index (χ3v) is 4.76. The number of rotatable bonds is 5. The summed E-state index contributed by atoms with van der Waals surface area (Å²) in [4.78, 5) is 25.6. The van der Waals surface area contributed by atoms with Crippen LogP contribution in [0.1, 0.15) is 31.2 Å². The summed E-state index contributed by atoms with van der Waals surface area (Å²) in [5, 5.41) is 12.0. The molecule has 8 nitrogen and oxygen atoms in total. The van der Waals surface area contributed by atoms with E-state index in [-0.39, 0.29) is 23.8 Å². The fraction of sp³-hybridized carbons (Fsp3) is 0.714. The van der Waals surface area contributed by atoms with Crippen molar-refractivity contribution in [2.75, 3.05) is 25.4 Å². The Hall–Kier alpha value is -1.74. The summed E-state index contributed by atoms with van der Waals surface area (Å²) in [7, 11) is 0. The molecule has 0 spiro atoms. The Morgan fingerprint density at radius 2 is 2.13 bits per heavy atom. The first-order valence-electron chi connectivity index (χ1n) is 7.82. The smallest absolute Gasteiger partial charge is 0.224 e. The van der Waals surface area contributed by atoms with Crippen molar-refractivity contribution in [3.05, 3.63) is 5.01 Å². The number of likely N-dealkylation sites (tertiary alicyclic amines) is 1. The molecule has 1 fully saturated rings. The molecule has 0 aromatic carbocycles. The minimum atomic E-state index is -0.190. The summed E-state index contributed by atoms with van der Waals surface area (Å²) < 4.78 is 0. The first-order chi connectivity index (χ1) is 11.0. The van der Waals surface area contributed by atoms with Crippen molar-refractivity contribution in [2.45, 2.75) is 38.6 Å². The van der Waals surface area contributed by atoms with Gasteiger partial charge in [-0.2, -0.15) is 0 Å². The molecule has 0 saturated carbocycles. The van der Waals surface area contributed by atoms with Gasteiger partial charge in [-0.3, -0.25) is 9.59 Å². The van der Waals surface area contributed by atoms with E-state index in [1.165, 1.54) is 18.3 Å². The molecule has 1 aromatic heterocycles. The molecule has 1 saturated heterocycles. The number of nitrogens with one attached hydrogen (secondary N) is 1. The number of carbonyl (C=O) groups is 2. The van der Waals surface area contributed by atoms with Crippen molar-refractivity contribution in [3.63, 3.8) is 0 Å². The minimum Gasteiger partial charge on any atom is -0.374 e. The molecule has 0 radical (unpaired) electrons. The number of aromatic nitrogens is 2. The number of nitrogens with two attached hydrogens (primary N) is 2. The van der Waals surface area contributed by atoms with Crippen LogP contribution in [0.15, 0.2) is 0 Å². The van der Waals surface area contributed by atoms with Gasteiger partial charge in [0, 0.05) is 39.0 Å². The molecule has 0 unspecified atom stereocenters. The third-order valence-electron chi connectivity index (χ3n) is 3.95. The van der Waals surface area contributed by atoms with E-state index in [1.807, 2.05) is 0 Å². The van der Waals surface area contributed by atoms with Gasteiger partial charge in [0.15, 0.2) is 0 Å². The highest BCUT2D eigenvalue weighted by molar-refractivity contribution is 7.15. The second kappa shape index (κ2) is 8.21. The Balaban J connectivity index is 1.76. The number of amides is 2. The zero-order chi connectivity index (χ0) is 16.8.